The molecule has 2 fully saturated rings. The molecule has 0 spiro atoms. The van der Waals surface area contributed by atoms with E-state index in [4.69, 9.17) is 4.74 Å². The van der Waals surface area contributed by atoms with Crippen molar-refractivity contribution in [3.63, 3.8) is 0 Å². The van der Waals surface area contributed by atoms with Crippen LogP contribution in [0.25, 0.3) is 0 Å². The molecule has 2 heterocycles. The summed E-state index contributed by atoms with van der Waals surface area (Å²) >= 11 is 0. The molecule has 1 amide bonds. The fraction of sp³-hybridized carbons (Fsp3) is 0.611. The maximum absolute atomic E-state index is 12.2. The fourth-order valence-electron chi connectivity index (χ4n) is 3.19. The van der Waals surface area contributed by atoms with Gasteiger partial charge in [-0.15, -0.1) is 24.8 Å². The number of anilines is 1. The van der Waals surface area contributed by atoms with Crippen LogP contribution >= 0.6 is 24.8 Å². The Kier molecular flexibility index (Phi) is 10.4. The van der Waals surface area contributed by atoms with Crippen LogP contribution in [0.4, 0.5) is 5.69 Å². The number of carbonyl (C=O) groups is 1. The van der Waals surface area contributed by atoms with Crippen molar-refractivity contribution in [3.8, 4) is 0 Å². The second-order valence-corrected chi connectivity index (χ2v) is 6.43. The van der Waals surface area contributed by atoms with Gasteiger partial charge in [-0.3, -0.25) is 9.69 Å². The zero-order chi connectivity index (χ0) is 15.9. The molecule has 2 N–H and O–H groups in total. The second-order valence-electron chi connectivity index (χ2n) is 6.43. The lowest BCUT2D eigenvalue weighted by Crippen LogP contribution is -2.37. The van der Waals surface area contributed by atoms with Gasteiger partial charge in [0.15, 0.2) is 0 Å². The summed E-state index contributed by atoms with van der Waals surface area (Å²) in [4.78, 5) is 14.7. The van der Waals surface area contributed by atoms with Gasteiger partial charge in [0.25, 0.3) is 0 Å². The number of benzene rings is 1. The van der Waals surface area contributed by atoms with Gasteiger partial charge in [-0.1, -0.05) is 12.1 Å². The molecule has 3 rings (SSSR count). The molecule has 1 aromatic carbocycles. The fourth-order valence-corrected chi connectivity index (χ4v) is 3.19. The highest BCUT2D eigenvalue weighted by Gasteiger charge is 2.20. The predicted molar refractivity (Wildman–Crippen MR) is 106 cm³/mol. The first kappa shape index (κ1) is 22.2. The molecule has 0 bridgehead atoms. The lowest BCUT2D eigenvalue weighted by Gasteiger charge is -2.26. The number of carbonyl (C=O) groups excluding carboxylic acids is 1. The molecule has 1 atom stereocenters. The van der Waals surface area contributed by atoms with Crippen molar-refractivity contribution in [2.24, 2.45) is 5.92 Å². The number of piperidine rings is 1. The van der Waals surface area contributed by atoms with E-state index in [1.54, 1.807) is 0 Å². The van der Waals surface area contributed by atoms with Gasteiger partial charge in [-0.05, 0) is 43.5 Å². The van der Waals surface area contributed by atoms with Crippen LogP contribution in [0.15, 0.2) is 24.3 Å². The molecule has 7 heteroatoms. The molecule has 0 radical (unpaired) electrons. The van der Waals surface area contributed by atoms with Crippen LogP contribution in [-0.4, -0.2) is 56.7 Å². The Morgan fingerprint density at radius 2 is 1.92 bits per heavy atom. The van der Waals surface area contributed by atoms with E-state index < -0.39 is 0 Å². The van der Waals surface area contributed by atoms with Crippen LogP contribution in [0.3, 0.4) is 0 Å². The molecule has 2 saturated heterocycles. The number of amides is 1. The van der Waals surface area contributed by atoms with E-state index >= 15 is 0 Å². The van der Waals surface area contributed by atoms with Crippen LogP contribution in [0.2, 0.25) is 0 Å². The molecule has 1 aromatic rings. The highest BCUT2D eigenvalue weighted by molar-refractivity contribution is 5.92. The molecule has 0 saturated carbocycles. The number of nitrogens with one attached hydrogen (secondary N) is 2. The average molecular weight is 390 g/mol. The van der Waals surface area contributed by atoms with Crippen molar-refractivity contribution in [1.29, 1.82) is 0 Å². The van der Waals surface area contributed by atoms with Gasteiger partial charge in [0.05, 0.1) is 19.1 Å². The summed E-state index contributed by atoms with van der Waals surface area (Å²) in [5.74, 6) is 0.239. The Morgan fingerprint density at radius 3 is 2.56 bits per heavy atom. The molecule has 2 aliphatic rings. The lowest BCUT2D eigenvalue weighted by atomic mass is 9.99. The summed E-state index contributed by atoms with van der Waals surface area (Å²) in [6, 6.07) is 8.27. The quantitative estimate of drug-likeness (QED) is 0.811. The number of hydrogen-bond donors (Lipinski definition) is 2. The van der Waals surface area contributed by atoms with E-state index in [0.29, 0.717) is 0 Å². The number of halogens is 2. The topological polar surface area (TPSA) is 53.6 Å². The smallest absolute Gasteiger partial charge is 0.228 e. The molecule has 2 aliphatic heterocycles. The maximum Gasteiger partial charge on any atom is 0.228 e. The third-order valence-electron chi connectivity index (χ3n) is 4.71. The first-order valence-electron chi connectivity index (χ1n) is 8.72. The van der Waals surface area contributed by atoms with Crippen LogP contribution in [0.1, 0.15) is 18.4 Å². The molecule has 25 heavy (non-hydrogen) atoms. The zero-order valence-corrected chi connectivity index (χ0v) is 16.2. The first-order valence-corrected chi connectivity index (χ1v) is 8.72. The van der Waals surface area contributed by atoms with Gasteiger partial charge < -0.3 is 15.4 Å². The van der Waals surface area contributed by atoms with E-state index in [-0.39, 0.29) is 36.6 Å². The predicted octanol–water partition coefficient (Wildman–Crippen LogP) is 2.34. The minimum absolute atomic E-state index is 0. The van der Waals surface area contributed by atoms with Gasteiger partial charge in [0.2, 0.25) is 5.91 Å². The van der Waals surface area contributed by atoms with Crippen LogP contribution < -0.4 is 10.6 Å². The van der Waals surface area contributed by atoms with Crippen LogP contribution in [0.5, 0.6) is 0 Å². The molecule has 0 aliphatic carbocycles. The largest absolute Gasteiger partial charge is 0.379 e. The third kappa shape index (κ3) is 7.12. The highest BCUT2D eigenvalue weighted by Crippen LogP contribution is 2.15. The normalized spacial score (nSPS) is 20.9. The summed E-state index contributed by atoms with van der Waals surface area (Å²) < 4.78 is 5.37. The number of morpholine rings is 1. The second kappa shape index (κ2) is 11.7. The van der Waals surface area contributed by atoms with E-state index in [9.17, 15) is 4.79 Å². The van der Waals surface area contributed by atoms with E-state index in [1.807, 2.05) is 12.1 Å². The lowest BCUT2D eigenvalue weighted by molar-refractivity contribution is -0.120. The van der Waals surface area contributed by atoms with Crippen molar-refractivity contribution < 1.29 is 9.53 Å². The minimum Gasteiger partial charge on any atom is -0.379 e. The Hall–Kier alpha value is -0.850. The standard InChI is InChI=1S/C18H27N3O2.2ClH/c22-18(16-2-1-8-19-14-16)20-17-5-3-15(4-6-17)7-9-21-10-12-23-13-11-21;;/h3-6,16,19H,1-2,7-14H2,(H,20,22);2*1H. The molecule has 1 unspecified atom stereocenters. The minimum atomic E-state index is 0. The number of hydrogen-bond acceptors (Lipinski definition) is 4. The van der Waals surface area contributed by atoms with Crippen LogP contribution in [0, 0.1) is 5.92 Å². The first-order chi connectivity index (χ1) is 11.3. The van der Waals surface area contributed by atoms with Gasteiger partial charge in [0, 0.05) is 31.9 Å². The van der Waals surface area contributed by atoms with Crippen molar-refractivity contribution in [2.45, 2.75) is 19.3 Å². The Balaban J connectivity index is 0.00000156. The number of nitrogens with zero attached hydrogens (tertiary/aromatic N) is 1. The molecular formula is C18H29Cl2N3O2. The van der Waals surface area contributed by atoms with Gasteiger partial charge in [0.1, 0.15) is 0 Å². The summed E-state index contributed by atoms with van der Waals surface area (Å²) in [5, 5.41) is 6.32. The van der Waals surface area contributed by atoms with E-state index in [1.165, 1.54) is 5.56 Å². The van der Waals surface area contributed by atoms with Gasteiger partial charge in [-0.25, -0.2) is 0 Å². The van der Waals surface area contributed by atoms with Gasteiger partial charge >= 0.3 is 0 Å². The molecule has 142 valence electrons. The van der Waals surface area contributed by atoms with Crippen molar-refractivity contribution >= 4 is 36.4 Å². The SMILES string of the molecule is Cl.Cl.O=C(Nc1ccc(CCN2CCOCC2)cc1)C1CCCNC1. The molecule has 5 nitrogen and oxygen atoms in total. The van der Waals surface area contributed by atoms with Crippen molar-refractivity contribution in [2.75, 3.05) is 51.3 Å². The zero-order valence-electron chi connectivity index (χ0n) is 14.5. The van der Waals surface area contributed by atoms with Gasteiger partial charge in [-0.2, -0.15) is 0 Å². The maximum atomic E-state index is 12.2. The van der Waals surface area contributed by atoms with Crippen molar-refractivity contribution in [3.05, 3.63) is 29.8 Å². The Morgan fingerprint density at radius 1 is 1.20 bits per heavy atom. The van der Waals surface area contributed by atoms with E-state index in [0.717, 1.165) is 70.9 Å². The molecule has 0 aromatic heterocycles. The average Bonchev–Trinajstić information content (AvgIpc) is 2.63. The number of rotatable bonds is 5. The monoisotopic (exact) mass is 389 g/mol. The summed E-state index contributed by atoms with van der Waals surface area (Å²) in [6.45, 7) is 6.66. The Bertz CT molecular complexity index is 502. The van der Waals surface area contributed by atoms with Crippen molar-refractivity contribution in [1.82, 2.24) is 10.2 Å². The van der Waals surface area contributed by atoms with E-state index in [2.05, 4.69) is 27.7 Å². The highest BCUT2D eigenvalue weighted by atomic mass is 35.5. The summed E-state index contributed by atoms with van der Waals surface area (Å²) in [7, 11) is 0. The summed E-state index contributed by atoms with van der Waals surface area (Å²) in [5.41, 5.74) is 2.21. The number of ether oxygens (including phenoxy) is 1. The van der Waals surface area contributed by atoms with Crippen LogP contribution in [-0.2, 0) is 16.0 Å². The third-order valence-corrected chi connectivity index (χ3v) is 4.71. The summed E-state index contributed by atoms with van der Waals surface area (Å²) in [6.07, 6.45) is 3.11. The Labute approximate surface area is 162 Å². The molecular weight excluding hydrogens is 361 g/mol.